The van der Waals surface area contributed by atoms with Gasteiger partial charge in [-0.25, -0.2) is 14.1 Å². The summed E-state index contributed by atoms with van der Waals surface area (Å²) >= 11 is 0. The smallest absolute Gasteiger partial charge is 0.264 e. The Labute approximate surface area is 183 Å². The van der Waals surface area contributed by atoms with Gasteiger partial charge in [0.25, 0.3) is 11.5 Å². The molecule has 2 aromatic heterocycles. The van der Waals surface area contributed by atoms with E-state index in [4.69, 9.17) is 4.74 Å². The number of ether oxygens (including phenoxy) is 1. The van der Waals surface area contributed by atoms with Crippen LogP contribution in [0, 0.1) is 5.82 Å². The van der Waals surface area contributed by atoms with Crippen LogP contribution in [0.25, 0.3) is 11.0 Å². The van der Waals surface area contributed by atoms with Crippen LogP contribution in [0.1, 0.15) is 22.8 Å². The normalized spacial score (nSPS) is 10.9. The number of fused-ring (bicyclic) bond motifs is 1. The van der Waals surface area contributed by atoms with Gasteiger partial charge in [-0.15, -0.1) is 0 Å². The number of aromatic nitrogens is 4. The zero-order valence-electron chi connectivity index (χ0n) is 17.5. The molecule has 2 heterocycles. The molecule has 0 unspecified atom stereocenters. The molecule has 32 heavy (non-hydrogen) atoms. The summed E-state index contributed by atoms with van der Waals surface area (Å²) in [5, 5.41) is 7.43. The van der Waals surface area contributed by atoms with Crippen molar-refractivity contribution in [1.29, 1.82) is 0 Å². The highest BCUT2D eigenvalue weighted by atomic mass is 19.1. The Morgan fingerprint density at radius 3 is 2.75 bits per heavy atom. The molecule has 9 heteroatoms. The standard InChI is InChI=1S/C23H22FN5O3/c1-2-32-19-8-6-17(7-9-19)22(30)25-10-11-29-21-20(13-27-29)23(31)28(15-26-21)14-16-4-3-5-18(24)12-16/h3-9,12-13,15H,2,10-11,14H2,1H3,(H,25,30). The van der Waals surface area contributed by atoms with Crippen LogP contribution in [0.3, 0.4) is 0 Å². The van der Waals surface area contributed by atoms with E-state index in [-0.39, 0.29) is 23.8 Å². The fourth-order valence-corrected chi connectivity index (χ4v) is 3.35. The average molecular weight is 435 g/mol. The average Bonchev–Trinajstić information content (AvgIpc) is 3.20. The SMILES string of the molecule is CCOc1ccc(C(=O)NCCn2ncc3c(=O)n(Cc4cccc(F)c4)cnc32)cc1. The predicted octanol–water partition coefficient (Wildman–Crippen LogP) is 2.61. The molecule has 0 aliphatic carbocycles. The van der Waals surface area contributed by atoms with Gasteiger partial charge in [-0.3, -0.25) is 14.2 Å². The molecular weight excluding hydrogens is 413 g/mol. The maximum Gasteiger partial charge on any atom is 0.264 e. The van der Waals surface area contributed by atoms with E-state index in [1.54, 1.807) is 41.1 Å². The zero-order valence-corrected chi connectivity index (χ0v) is 17.5. The molecule has 0 aliphatic rings. The topological polar surface area (TPSA) is 91.0 Å². The van der Waals surface area contributed by atoms with Gasteiger partial charge in [-0.2, -0.15) is 5.10 Å². The van der Waals surface area contributed by atoms with Gasteiger partial charge in [-0.1, -0.05) is 12.1 Å². The number of halogens is 1. The van der Waals surface area contributed by atoms with Gasteiger partial charge in [-0.05, 0) is 48.9 Å². The molecule has 0 bridgehead atoms. The Hall–Kier alpha value is -4.01. The summed E-state index contributed by atoms with van der Waals surface area (Å²) < 4.78 is 21.8. The van der Waals surface area contributed by atoms with Gasteiger partial charge in [0.05, 0.1) is 25.9 Å². The fourth-order valence-electron chi connectivity index (χ4n) is 3.35. The van der Waals surface area contributed by atoms with E-state index in [9.17, 15) is 14.0 Å². The van der Waals surface area contributed by atoms with E-state index >= 15 is 0 Å². The second-order valence-electron chi connectivity index (χ2n) is 7.13. The van der Waals surface area contributed by atoms with Crippen LogP contribution < -0.4 is 15.6 Å². The van der Waals surface area contributed by atoms with Crippen molar-refractivity contribution >= 4 is 16.9 Å². The van der Waals surface area contributed by atoms with Gasteiger partial charge >= 0.3 is 0 Å². The Morgan fingerprint density at radius 2 is 2.00 bits per heavy atom. The van der Waals surface area contributed by atoms with E-state index in [1.165, 1.54) is 29.2 Å². The molecule has 0 saturated carbocycles. The predicted molar refractivity (Wildman–Crippen MR) is 117 cm³/mol. The summed E-state index contributed by atoms with van der Waals surface area (Å²) in [7, 11) is 0. The van der Waals surface area contributed by atoms with Crippen molar-refractivity contribution < 1.29 is 13.9 Å². The second-order valence-corrected chi connectivity index (χ2v) is 7.13. The summed E-state index contributed by atoms with van der Waals surface area (Å²) in [6, 6.07) is 13.0. The number of rotatable bonds is 8. The van der Waals surface area contributed by atoms with Crippen LogP contribution >= 0.6 is 0 Å². The highest BCUT2D eigenvalue weighted by molar-refractivity contribution is 5.94. The van der Waals surface area contributed by atoms with Gasteiger partial charge in [0, 0.05) is 12.1 Å². The zero-order chi connectivity index (χ0) is 22.5. The minimum atomic E-state index is -0.357. The van der Waals surface area contributed by atoms with E-state index in [0.29, 0.717) is 47.6 Å². The van der Waals surface area contributed by atoms with Crippen molar-refractivity contribution in [3.8, 4) is 5.75 Å². The van der Waals surface area contributed by atoms with E-state index < -0.39 is 0 Å². The summed E-state index contributed by atoms with van der Waals surface area (Å²) in [6.07, 6.45) is 2.88. The van der Waals surface area contributed by atoms with Crippen molar-refractivity contribution in [2.24, 2.45) is 0 Å². The quantitative estimate of drug-likeness (QED) is 0.459. The number of nitrogens with zero attached hydrogens (tertiary/aromatic N) is 4. The number of benzene rings is 2. The maximum absolute atomic E-state index is 13.4. The number of amides is 1. The summed E-state index contributed by atoms with van der Waals surface area (Å²) in [5.74, 6) is 0.140. The minimum absolute atomic E-state index is 0.211. The van der Waals surface area contributed by atoms with Gasteiger partial charge in [0.1, 0.15) is 23.3 Å². The van der Waals surface area contributed by atoms with Crippen LogP contribution in [0.4, 0.5) is 4.39 Å². The molecule has 0 spiro atoms. The Bertz CT molecular complexity index is 1300. The third kappa shape index (κ3) is 4.66. The molecule has 0 fully saturated rings. The summed E-state index contributed by atoms with van der Waals surface area (Å²) in [4.78, 5) is 29.4. The van der Waals surface area contributed by atoms with Gasteiger partial charge in [0.2, 0.25) is 0 Å². The minimum Gasteiger partial charge on any atom is -0.494 e. The molecule has 0 radical (unpaired) electrons. The number of hydrogen-bond acceptors (Lipinski definition) is 5. The number of carbonyl (C=O) groups is 1. The van der Waals surface area contributed by atoms with Gasteiger partial charge in [0.15, 0.2) is 5.65 Å². The van der Waals surface area contributed by atoms with Crippen LogP contribution in [-0.4, -0.2) is 38.4 Å². The fraction of sp³-hybridized carbons (Fsp3) is 0.217. The largest absolute Gasteiger partial charge is 0.494 e. The maximum atomic E-state index is 13.4. The van der Waals surface area contributed by atoms with Crippen molar-refractivity contribution in [3.05, 3.63) is 88.4 Å². The summed E-state index contributed by atoms with van der Waals surface area (Å²) in [5.41, 5.74) is 1.36. The van der Waals surface area contributed by atoms with E-state index in [2.05, 4.69) is 15.4 Å². The first-order chi connectivity index (χ1) is 15.5. The van der Waals surface area contributed by atoms with Crippen molar-refractivity contribution in [3.63, 3.8) is 0 Å². The highest BCUT2D eigenvalue weighted by Crippen LogP contribution is 2.12. The number of nitrogens with one attached hydrogen (secondary N) is 1. The lowest BCUT2D eigenvalue weighted by molar-refractivity contribution is 0.0952. The molecule has 0 atom stereocenters. The molecule has 4 rings (SSSR count). The lowest BCUT2D eigenvalue weighted by atomic mass is 10.2. The molecule has 164 valence electrons. The van der Waals surface area contributed by atoms with Crippen LogP contribution in [0.2, 0.25) is 0 Å². The second kappa shape index (κ2) is 9.42. The third-order valence-corrected chi connectivity index (χ3v) is 4.90. The highest BCUT2D eigenvalue weighted by Gasteiger charge is 2.11. The monoisotopic (exact) mass is 435 g/mol. The molecule has 1 amide bonds. The van der Waals surface area contributed by atoms with Crippen molar-refractivity contribution in [1.82, 2.24) is 24.6 Å². The Morgan fingerprint density at radius 1 is 1.19 bits per heavy atom. The molecule has 2 aromatic carbocycles. The number of carbonyl (C=O) groups excluding carboxylic acids is 1. The molecule has 0 saturated heterocycles. The first-order valence-electron chi connectivity index (χ1n) is 10.2. The summed E-state index contributed by atoms with van der Waals surface area (Å²) in [6.45, 7) is 3.34. The lowest BCUT2D eigenvalue weighted by Crippen LogP contribution is -2.27. The lowest BCUT2D eigenvalue weighted by Gasteiger charge is -2.08. The third-order valence-electron chi connectivity index (χ3n) is 4.90. The Balaban J connectivity index is 1.41. The first-order valence-corrected chi connectivity index (χ1v) is 10.2. The van der Waals surface area contributed by atoms with E-state index in [0.717, 1.165) is 0 Å². The van der Waals surface area contributed by atoms with Crippen LogP contribution in [0.5, 0.6) is 5.75 Å². The molecular formula is C23H22FN5O3. The van der Waals surface area contributed by atoms with Gasteiger partial charge < -0.3 is 10.1 Å². The van der Waals surface area contributed by atoms with E-state index in [1.807, 2.05) is 6.92 Å². The van der Waals surface area contributed by atoms with Crippen molar-refractivity contribution in [2.75, 3.05) is 13.2 Å². The van der Waals surface area contributed by atoms with Crippen LogP contribution in [-0.2, 0) is 13.1 Å². The molecule has 1 N–H and O–H groups in total. The molecule has 8 nitrogen and oxygen atoms in total. The van der Waals surface area contributed by atoms with Crippen LogP contribution in [0.15, 0.2) is 65.8 Å². The van der Waals surface area contributed by atoms with Crippen molar-refractivity contribution in [2.45, 2.75) is 20.0 Å². The molecule has 4 aromatic rings. The first kappa shape index (κ1) is 21.2. The number of hydrogen-bond donors (Lipinski definition) is 1. The molecule has 0 aliphatic heterocycles. The Kier molecular flexibility index (Phi) is 6.25.